The van der Waals surface area contributed by atoms with Gasteiger partial charge in [-0.25, -0.2) is 4.39 Å². The molecular formula is C12H9FO2. The summed E-state index contributed by atoms with van der Waals surface area (Å²) < 4.78 is 17.4. The third kappa shape index (κ3) is 2.31. The highest BCUT2D eigenvalue weighted by Crippen LogP contribution is 2.08. The highest BCUT2D eigenvalue weighted by atomic mass is 19.1. The van der Waals surface area contributed by atoms with Gasteiger partial charge in [-0.1, -0.05) is 12.1 Å². The Morgan fingerprint density at radius 2 is 1.93 bits per heavy atom. The Kier molecular flexibility index (Phi) is 2.63. The van der Waals surface area contributed by atoms with E-state index in [9.17, 15) is 9.18 Å². The fraction of sp³-hybridized carbons (Fsp3) is 0.0833. The zero-order valence-corrected chi connectivity index (χ0v) is 7.94. The minimum absolute atomic E-state index is 0.0321. The SMILES string of the molecule is O=C(Cc1ccc(F)cc1)c1ccoc1. The number of ketones is 1. The molecule has 76 valence electrons. The van der Waals surface area contributed by atoms with E-state index in [1.165, 1.54) is 24.7 Å². The van der Waals surface area contributed by atoms with Gasteiger partial charge in [0, 0.05) is 6.42 Å². The molecule has 0 atom stereocenters. The normalized spacial score (nSPS) is 10.2. The van der Waals surface area contributed by atoms with Crippen molar-refractivity contribution < 1.29 is 13.6 Å². The number of halogens is 1. The molecule has 0 saturated carbocycles. The van der Waals surface area contributed by atoms with Crippen LogP contribution >= 0.6 is 0 Å². The van der Waals surface area contributed by atoms with E-state index < -0.39 is 0 Å². The van der Waals surface area contributed by atoms with Crippen LogP contribution in [0.15, 0.2) is 47.3 Å². The predicted molar refractivity (Wildman–Crippen MR) is 53.1 cm³/mol. The van der Waals surface area contributed by atoms with Crippen LogP contribution in [-0.2, 0) is 6.42 Å². The molecule has 0 amide bonds. The van der Waals surface area contributed by atoms with Crippen molar-refractivity contribution in [2.75, 3.05) is 0 Å². The molecule has 0 unspecified atom stereocenters. The lowest BCUT2D eigenvalue weighted by Gasteiger charge is -1.98. The van der Waals surface area contributed by atoms with Crippen LogP contribution < -0.4 is 0 Å². The smallest absolute Gasteiger partial charge is 0.170 e. The lowest BCUT2D eigenvalue weighted by molar-refractivity contribution is 0.0992. The number of benzene rings is 1. The maximum absolute atomic E-state index is 12.6. The maximum Gasteiger partial charge on any atom is 0.170 e. The van der Waals surface area contributed by atoms with Crippen molar-refractivity contribution in [3.63, 3.8) is 0 Å². The van der Waals surface area contributed by atoms with E-state index in [4.69, 9.17) is 4.42 Å². The quantitative estimate of drug-likeness (QED) is 0.719. The largest absolute Gasteiger partial charge is 0.472 e. The summed E-state index contributed by atoms with van der Waals surface area (Å²) in [6.45, 7) is 0. The van der Waals surface area contributed by atoms with Crippen molar-refractivity contribution in [3.05, 3.63) is 59.8 Å². The van der Waals surface area contributed by atoms with E-state index >= 15 is 0 Å². The minimum atomic E-state index is -0.297. The van der Waals surface area contributed by atoms with Gasteiger partial charge in [-0.3, -0.25) is 4.79 Å². The van der Waals surface area contributed by atoms with E-state index in [0.29, 0.717) is 5.56 Å². The maximum atomic E-state index is 12.6. The van der Waals surface area contributed by atoms with Gasteiger partial charge >= 0.3 is 0 Å². The van der Waals surface area contributed by atoms with Crippen LogP contribution in [0.3, 0.4) is 0 Å². The van der Waals surface area contributed by atoms with E-state index in [2.05, 4.69) is 0 Å². The molecule has 0 aliphatic carbocycles. The van der Waals surface area contributed by atoms with Gasteiger partial charge in [-0.05, 0) is 23.8 Å². The molecule has 0 N–H and O–H groups in total. The molecule has 0 saturated heterocycles. The van der Waals surface area contributed by atoms with Crippen LogP contribution in [-0.4, -0.2) is 5.78 Å². The molecule has 3 heteroatoms. The second-order valence-electron chi connectivity index (χ2n) is 3.24. The molecule has 0 fully saturated rings. The van der Waals surface area contributed by atoms with Gasteiger partial charge in [-0.2, -0.15) is 0 Å². The second kappa shape index (κ2) is 4.09. The summed E-state index contributed by atoms with van der Waals surface area (Å²) in [5.41, 5.74) is 1.34. The van der Waals surface area contributed by atoms with Crippen molar-refractivity contribution in [2.45, 2.75) is 6.42 Å². The number of hydrogen-bond donors (Lipinski definition) is 0. The van der Waals surface area contributed by atoms with Gasteiger partial charge < -0.3 is 4.42 Å². The Bertz CT molecular complexity index is 443. The van der Waals surface area contributed by atoms with Crippen molar-refractivity contribution in [1.82, 2.24) is 0 Å². The van der Waals surface area contributed by atoms with E-state index in [1.807, 2.05) is 0 Å². The summed E-state index contributed by atoms with van der Waals surface area (Å²) in [4.78, 5) is 11.6. The number of rotatable bonds is 3. The standard InChI is InChI=1S/C12H9FO2/c13-11-3-1-9(2-4-11)7-12(14)10-5-6-15-8-10/h1-6,8H,7H2. The molecule has 1 aromatic heterocycles. The number of carbonyl (C=O) groups excluding carboxylic acids is 1. The van der Waals surface area contributed by atoms with Crippen LogP contribution in [0, 0.1) is 5.82 Å². The molecule has 15 heavy (non-hydrogen) atoms. The lowest BCUT2D eigenvalue weighted by Crippen LogP contribution is -2.01. The van der Waals surface area contributed by atoms with Gasteiger partial charge in [-0.15, -0.1) is 0 Å². The molecule has 0 radical (unpaired) electrons. The third-order valence-corrected chi connectivity index (χ3v) is 2.12. The summed E-state index contributed by atoms with van der Waals surface area (Å²) >= 11 is 0. The lowest BCUT2D eigenvalue weighted by atomic mass is 10.1. The van der Waals surface area contributed by atoms with Crippen LogP contribution in [0.1, 0.15) is 15.9 Å². The summed E-state index contributed by atoms with van der Waals surface area (Å²) in [6.07, 6.45) is 3.13. The number of furan rings is 1. The Morgan fingerprint density at radius 3 is 2.53 bits per heavy atom. The van der Waals surface area contributed by atoms with E-state index in [0.717, 1.165) is 5.56 Å². The Labute approximate surface area is 86.3 Å². The molecule has 0 aliphatic rings. The number of hydrogen-bond acceptors (Lipinski definition) is 2. The summed E-state index contributed by atoms with van der Waals surface area (Å²) in [6, 6.07) is 7.52. The molecule has 2 nitrogen and oxygen atoms in total. The van der Waals surface area contributed by atoms with Gasteiger partial charge in [0.25, 0.3) is 0 Å². The second-order valence-corrected chi connectivity index (χ2v) is 3.24. The van der Waals surface area contributed by atoms with Crippen molar-refractivity contribution in [2.24, 2.45) is 0 Å². The summed E-state index contributed by atoms with van der Waals surface area (Å²) in [7, 11) is 0. The fourth-order valence-electron chi connectivity index (χ4n) is 1.31. The summed E-state index contributed by atoms with van der Waals surface area (Å²) in [5.74, 6) is -0.329. The minimum Gasteiger partial charge on any atom is -0.472 e. The molecule has 1 heterocycles. The average Bonchev–Trinajstić information content (AvgIpc) is 2.74. The van der Waals surface area contributed by atoms with Crippen LogP contribution in [0.4, 0.5) is 4.39 Å². The van der Waals surface area contributed by atoms with Crippen molar-refractivity contribution >= 4 is 5.78 Å². The zero-order valence-electron chi connectivity index (χ0n) is 7.94. The monoisotopic (exact) mass is 204 g/mol. The Balaban J connectivity index is 2.09. The van der Waals surface area contributed by atoms with Gasteiger partial charge in [0.1, 0.15) is 12.1 Å². The third-order valence-electron chi connectivity index (χ3n) is 2.12. The van der Waals surface area contributed by atoms with Crippen molar-refractivity contribution in [1.29, 1.82) is 0 Å². The molecule has 0 aliphatic heterocycles. The van der Waals surface area contributed by atoms with Gasteiger partial charge in [0.05, 0.1) is 11.8 Å². The van der Waals surface area contributed by atoms with Crippen LogP contribution in [0.25, 0.3) is 0 Å². The summed E-state index contributed by atoms with van der Waals surface area (Å²) in [5, 5.41) is 0. The molecule has 0 bridgehead atoms. The number of Topliss-reactive ketones (excluding diaryl/α,β-unsaturated/α-hetero) is 1. The average molecular weight is 204 g/mol. The van der Waals surface area contributed by atoms with Crippen LogP contribution in [0.5, 0.6) is 0 Å². The van der Waals surface area contributed by atoms with Gasteiger partial charge in [0.15, 0.2) is 5.78 Å². The Hall–Kier alpha value is -1.90. The van der Waals surface area contributed by atoms with E-state index in [1.54, 1.807) is 18.2 Å². The highest BCUT2D eigenvalue weighted by molar-refractivity contribution is 5.97. The zero-order chi connectivity index (χ0) is 10.7. The van der Waals surface area contributed by atoms with E-state index in [-0.39, 0.29) is 18.0 Å². The van der Waals surface area contributed by atoms with Crippen molar-refractivity contribution in [3.8, 4) is 0 Å². The molecule has 1 aromatic carbocycles. The Morgan fingerprint density at radius 1 is 1.20 bits per heavy atom. The highest BCUT2D eigenvalue weighted by Gasteiger charge is 2.07. The molecule has 2 aromatic rings. The number of carbonyl (C=O) groups is 1. The topological polar surface area (TPSA) is 30.2 Å². The first-order chi connectivity index (χ1) is 7.25. The first kappa shape index (κ1) is 9.65. The predicted octanol–water partition coefficient (Wildman–Crippen LogP) is 2.84. The molecule has 2 rings (SSSR count). The van der Waals surface area contributed by atoms with Crippen LogP contribution in [0.2, 0.25) is 0 Å². The molecular weight excluding hydrogens is 195 g/mol. The first-order valence-corrected chi connectivity index (χ1v) is 4.55. The first-order valence-electron chi connectivity index (χ1n) is 4.55. The van der Waals surface area contributed by atoms with Gasteiger partial charge in [0.2, 0.25) is 0 Å². The molecule has 0 spiro atoms. The fourth-order valence-corrected chi connectivity index (χ4v) is 1.31.